The minimum absolute atomic E-state index is 0.0949. The number of nitrogens with one attached hydrogen (secondary N) is 1. The van der Waals surface area contributed by atoms with E-state index in [-0.39, 0.29) is 17.4 Å². The lowest BCUT2D eigenvalue weighted by Gasteiger charge is -2.08. The molecule has 0 radical (unpaired) electrons. The van der Waals surface area contributed by atoms with Crippen LogP contribution in [0.25, 0.3) is 0 Å². The summed E-state index contributed by atoms with van der Waals surface area (Å²) < 4.78 is 0. The second kappa shape index (κ2) is 4.59. The Bertz CT molecular complexity index is 368. The Hall–Kier alpha value is -1.84. The predicted octanol–water partition coefficient (Wildman–Crippen LogP) is 0.645. The van der Waals surface area contributed by atoms with E-state index in [9.17, 15) is 14.7 Å². The smallest absolute Gasteiger partial charge is 0.226 e. The summed E-state index contributed by atoms with van der Waals surface area (Å²) in [6.45, 7) is 3.57. The van der Waals surface area contributed by atoms with E-state index in [1.54, 1.807) is 13.8 Å². The fourth-order valence-corrected chi connectivity index (χ4v) is 0.976. The Kier molecular flexibility index (Phi) is 3.44. The molecule has 0 aliphatic carbocycles. The molecule has 0 aromatic heterocycles. The number of benzene rings is 1. The van der Waals surface area contributed by atoms with Crippen molar-refractivity contribution in [2.24, 2.45) is 5.92 Å². The van der Waals surface area contributed by atoms with Gasteiger partial charge in [0.1, 0.15) is 0 Å². The number of carbonyl (C=O) groups is 2. The lowest BCUT2D eigenvalue weighted by Crippen LogP contribution is -2.22. The Morgan fingerprint density at radius 3 is 2.13 bits per heavy atom. The minimum atomic E-state index is -1.23. The summed E-state index contributed by atoms with van der Waals surface area (Å²) in [5.41, 5.74) is 0.677. The van der Waals surface area contributed by atoms with Crippen LogP contribution < -0.4 is 10.4 Å². The second-order valence-electron chi connectivity index (χ2n) is 3.51. The van der Waals surface area contributed by atoms with Gasteiger partial charge in [0.15, 0.2) is 0 Å². The van der Waals surface area contributed by atoms with Gasteiger partial charge in [0, 0.05) is 11.6 Å². The molecule has 80 valence electrons. The third kappa shape index (κ3) is 3.09. The first-order valence-corrected chi connectivity index (χ1v) is 4.63. The maximum Gasteiger partial charge on any atom is 0.226 e. The van der Waals surface area contributed by atoms with E-state index in [0.717, 1.165) is 0 Å². The molecule has 1 aromatic carbocycles. The number of anilines is 1. The molecule has 0 fully saturated rings. The molecule has 4 heteroatoms. The molecule has 0 saturated carbocycles. The van der Waals surface area contributed by atoms with Crippen LogP contribution in [0.4, 0.5) is 5.69 Å². The van der Waals surface area contributed by atoms with Gasteiger partial charge in [0.05, 0.1) is 5.97 Å². The predicted molar refractivity (Wildman–Crippen MR) is 54.2 cm³/mol. The van der Waals surface area contributed by atoms with Crippen molar-refractivity contribution < 1.29 is 14.7 Å². The molecule has 1 aromatic rings. The van der Waals surface area contributed by atoms with Gasteiger partial charge < -0.3 is 15.2 Å². The van der Waals surface area contributed by atoms with Gasteiger partial charge >= 0.3 is 0 Å². The fraction of sp³-hybridized carbons (Fsp3) is 0.273. The fourth-order valence-electron chi connectivity index (χ4n) is 0.976. The molecule has 1 N–H and O–H groups in total. The molecule has 4 nitrogen and oxygen atoms in total. The zero-order valence-corrected chi connectivity index (χ0v) is 8.61. The van der Waals surface area contributed by atoms with Crippen LogP contribution in [0.5, 0.6) is 0 Å². The average molecular weight is 206 g/mol. The van der Waals surface area contributed by atoms with Gasteiger partial charge in [-0.2, -0.15) is 0 Å². The molecule has 0 atom stereocenters. The van der Waals surface area contributed by atoms with Gasteiger partial charge in [0.2, 0.25) is 5.91 Å². The first kappa shape index (κ1) is 11.2. The number of hydrogen-bond donors (Lipinski definition) is 1. The number of amides is 1. The molecular weight excluding hydrogens is 194 g/mol. The van der Waals surface area contributed by atoms with Crippen molar-refractivity contribution in [1.29, 1.82) is 0 Å². The zero-order chi connectivity index (χ0) is 11.4. The van der Waals surface area contributed by atoms with Gasteiger partial charge in [-0.15, -0.1) is 0 Å². The van der Waals surface area contributed by atoms with Crippen molar-refractivity contribution >= 4 is 17.6 Å². The number of carbonyl (C=O) groups excluding carboxylic acids is 2. The summed E-state index contributed by atoms with van der Waals surface area (Å²) in [6.07, 6.45) is 0. The maximum absolute atomic E-state index is 11.3. The van der Waals surface area contributed by atoms with Gasteiger partial charge in [-0.1, -0.05) is 26.0 Å². The first-order valence-electron chi connectivity index (χ1n) is 4.63. The molecule has 15 heavy (non-hydrogen) atoms. The number of rotatable bonds is 3. The molecule has 1 rings (SSSR count). The molecule has 0 aliphatic rings. The van der Waals surface area contributed by atoms with Crippen LogP contribution in [0.3, 0.4) is 0 Å². The van der Waals surface area contributed by atoms with E-state index >= 15 is 0 Å². The lowest BCUT2D eigenvalue weighted by molar-refractivity contribution is -0.255. The summed E-state index contributed by atoms with van der Waals surface area (Å²) in [5.74, 6) is -1.43. The Labute approximate surface area is 87.9 Å². The highest BCUT2D eigenvalue weighted by molar-refractivity contribution is 5.93. The third-order valence-corrected chi connectivity index (χ3v) is 1.91. The number of carboxylic acids is 1. The topological polar surface area (TPSA) is 69.2 Å². The van der Waals surface area contributed by atoms with E-state index in [1.165, 1.54) is 24.3 Å². The van der Waals surface area contributed by atoms with Gasteiger partial charge in [-0.3, -0.25) is 4.79 Å². The highest BCUT2D eigenvalue weighted by atomic mass is 16.4. The SMILES string of the molecule is CC(C)C(=O)Nc1ccc(C(=O)[O-])cc1. The Morgan fingerprint density at radius 2 is 1.73 bits per heavy atom. The molecule has 0 bridgehead atoms. The van der Waals surface area contributed by atoms with Gasteiger partial charge in [-0.25, -0.2) is 0 Å². The minimum Gasteiger partial charge on any atom is -0.545 e. The summed E-state index contributed by atoms with van der Waals surface area (Å²) >= 11 is 0. The molecule has 0 aliphatic heterocycles. The van der Waals surface area contributed by atoms with Crippen LogP contribution in [-0.4, -0.2) is 11.9 Å². The summed E-state index contributed by atoms with van der Waals surface area (Å²) in [6, 6.07) is 5.85. The van der Waals surface area contributed by atoms with Gasteiger partial charge in [-0.05, 0) is 17.7 Å². The van der Waals surface area contributed by atoms with Crippen molar-refractivity contribution in [1.82, 2.24) is 0 Å². The van der Waals surface area contributed by atoms with E-state index in [2.05, 4.69) is 5.32 Å². The van der Waals surface area contributed by atoms with Crippen molar-refractivity contribution in [3.05, 3.63) is 29.8 Å². The summed E-state index contributed by atoms with van der Waals surface area (Å²) in [5, 5.41) is 13.1. The molecule has 0 saturated heterocycles. The largest absolute Gasteiger partial charge is 0.545 e. The summed E-state index contributed by atoms with van der Waals surface area (Å²) in [7, 11) is 0. The molecule has 0 spiro atoms. The standard InChI is InChI=1S/C11H13NO3/c1-7(2)10(13)12-9-5-3-8(4-6-9)11(14)15/h3-7H,1-2H3,(H,12,13)(H,14,15)/p-1. The van der Waals surface area contributed by atoms with Crippen LogP contribution in [0.15, 0.2) is 24.3 Å². The van der Waals surface area contributed by atoms with Crippen molar-refractivity contribution in [3.8, 4) is 0 Å². The number of aromatic carboxylic acids is 1. The third-order valence-electron chi connectivity index (χ3n) is 1.91. The average Bonchev–Trinajstić information content (AvgIpc) is 2.18. The maximum atomic E-state index is 11.3. The van der Waals surface area contributed by atoms with Crippen LogP contribution in [0.1, 0.15) is 24.2 Å². The summed E-state index contributed by atoms with van der Waals surface area (Å²) in [4.78, 5) is 21.7. The normalized spacial score (nSPS) is 10.1. The quantitative estimate of drug-likeness (QED) is 0.789. The molecule has 0 unspecified atom stereocenters. The van der Waals surface area contributed by atoms with Crippen LogP contribution in [0.2, 0.25) is 0 Å². The van der Waals surface area contributed by atoms with Gasteiger partial charge in [0.25, 0.3) is 0 Å². The lowest BCUT2D eigenvalue weighted by atomic mass is 10.2. The van der Waals surface area contributed by atoms with E-state index in [1.807, 2.05) is 0 Å². The van der Waals surface area contributed by atoms with E-state index in [4.69, 9.17) is 0 Å². The molecule has 1 amide bonds. The molecule has 0 heterocycles. The van der Waals surface area contributed by atoms with Crippen LogP contribution >= 0.6 is 0 Å². The Morgan fingerprint density at radius 1 is 1.20 bits per heavy atom. The number of hydrogen-bond acceptors (Lipinski definition) is 3. The monoisotopic (exact) mass is 206 g/mol. The zero-order valence-electron chi connectivity index (χ0n) is 8.61. The van der Waals surface area contributed by atoms with Crippen molar-refractivity contribution in [3.63, 3.8) is 0 Å². The highest BCUT2D eigenvalue weighted by Gasteiger charge is 2.06. The van der Waals surface area contributed by atoms with E-state index in [0.29, 0.717) is 5.69 Å². The second-order valence-corrected chi connectivity index (χ2v) is 3.51. The molecular formula is C11H12NO3-. The number of carboxylic acid groups (broad SMARTS) is 1. The highest BCUT2D eigenvalue weighted by Crippen LogP contribution is 2.10. The Balaban J connectivity index is 2.73. The van der Waals surface area contributed by atoms with E-state index < -0.39 is 5.97 Å². The van der Waals surface area contributed by atoms with Crippen LogP contribution in [0, 0.1) is 5.92 Å². The van der Waals surface area contributed by atoms with Crippen molar-refractivity contribution in [2.45, 2.75) is 13.8 Å². The van der Waals surface area contributed by atoms with Crippen molar-refractivity contribution in [2.75, 3.05) is 5.32 Å². The van der Waals surface area contributed by atoms with Crippen LogP contribution in [-0.2, 0) is 4.79 Å². The first-order chi connectivity index (χ1) is 7.00.